The molecule has 0 spiro atoms. The van der Waals surface area contributed by atoms with Crippen LogP contribution in [0.15, 0.2) is 54.6 Å². The molecule has 0 aliphatic heterocycles. The third-order valence-electron chi connectivity index (χ3n) is 3.49. The molecule has 5 heteroatoms. The number of nitrogens with two attached hydrogens (primary N) is 1. The van der Waals surface area contributed by atoms with E-state index in [1.807, 2.05) is 6.07 Å². The number of phenols is 1. The second kappa shape index (κ2) is 5.78. The highest BCUT2D eigenvalue weighted by Gasteiger charge is 2.15. The number of aromatic nitrogens is 1. The average molecular weight is 305 g/mol. The summed E-state index contributed by atoms with van der Waals surface area (Å²) >= 11 is 0. The molecule has 0 radical (unpaired) electrons. The van der Waals surface area contributed by atoms with Crippen LogP contribution in [-0.2, 0) is 0 Å². The molecule has 0 saturated heterocycles. The van der Waals surface area contributed by atoms with Gasteiger partial charge in [-0.2, -0.15) is 5.26 Å². The fraction of sp³-hybridized carbons (Fsp3) is 0. The van der Waals surface area contributed by atoms with E-state index in [2.05, 4.69) is 4.98 Å². The van der Waals surface area contributed by atoms with Gasteiger partial charge in [-0.15, -0.1) is 0 Å². The number of hydrogen-bond acceptors (Lipinski definition) is 4. The molecule has 2 aromatic carbocycles. The van der Waals surface area contributed by atoms with Crippen LogP contribution in [0.5, 0.6) is 5.75 Å². The summed E-state index contributed by atoms with van der Waals surface area (Å²) < 4.78 is 14.1. The average Bonchev–Trinajstić information content (AvgIpc) is 2.55. The van der Waals surface area contributed by atoms with Crippen molar-refractivity contribution in [1.82, 2.24) is 4.98 Å². The van der Waals surface area contributed by atoms with E-state index in [1.165, 1.54) is 18.2 Å². The molecule has 0 aliphatic carbocycles. The summed E-state index contributed by atoms with van der Waals surface area (Å²) in [6.45, 7) is 0. The van der Waals surface area contributed by atoms with Gasteiger partial charge >= 0.3 is 0 Å². The number of anilines is 1. The maximum absolute atomic E-state index is 14.1. The highest BCUT2D eigenvalue weighted by Crippen LogP contribution is 2.32. The van der Waals surface area contributed by atoms with Crippen molar-refractivity contribution in [2.45, 2.75) is 0 Å². The van der Waals surface area contributed by atoms with Gasteiger partial charge in [0.2, 0.25) is 0 Å². The molecule has 1 aromatic heterocycles. The number of nitrogen functional groups attached to an aromatic ring is 1. The fourth-order valence-electron chi connectivity index (χ4n) is 2.35. The van der Waals surface area contributed by atoms with Crippen LogP contribution in [0.25, 0.3) is 22.4 Å². The lowest BCUT2D eigenvalue weighted by Gasteiger charge is -2.11. The van der Waals surface area contributed by atoms with E-state index in [4.69, 9.17) is 5.73 Å². The molecule has 0 bridgehead atoms. The quantitative estimate of drug-likeness (QED) is 0.756. The first-order chi connectivity index (χ1) is 11.1. The zero-order valence-electron chi connectivity index (χ0n) is 12.0. The Kier molecular flexibility index (Phi) is 3.65. The van der Waals surface area contributed by atoms with Crippen LogP contribution in [0, 0.1) is 17.1 Å². The Bertz CT molecular complexity index is 915. The Morgan fingerprint density at radius 1 is 1.04 bits per heavy atom. The minimum Gasteiger partial charge on any atom is -0.508 e. The summed E-state index contributed by atoms with van der Waals surface area (Å²) in [6.07, 6.45) is 0. The van der Waals surface area contributed by atoms with Gasteiger partial charge in [-0.25, -0.2) is 9.37 Å². The van der Waals surface area contributed by atoms with Gasteiger partial charge in [-0.1, -0.05) is 18.2 Å². The summed E-state index contributed by atoms with van der Waals surface area (Å²) in [6, 6.07) is 16.2. The molecule has 4 nitrogen and oxygen atoms in total. The monoisotopic (exact) mass is 305 g/mol. The van der Waals surface area contributed by atoms with E-state index in [1.54, 1.807) is 36.4 Å². The van der Waals surface area contributed by atoms with Crippen molar-refractivity contribution in [2.75, 3.05) is 5.73 Å². The van der Waals surface area contributed by atoms with Gasteiger partial charge in [-0.3, -0.25) is 0 Å². The van der Waals surface area contributed by atoms with Gasteiger partial charge in [0.15, 0.2) is 0 Å². The third kappa shape index (κ3) is 2.70. The molecule has 0 unspecified atom stereocenters. The van der Waals surface area contributed by atoms with E-state index >= 15 is 0 Å². The van der Waals surface area contributed by atoms with Crippen molar-refractivity contribution in [1.29, 1.82) is 5.26 Å². The number of nitrogens with zero attached hydrogens (tertiary/aromatic N) is 2. The maximum Gasteiger partial charge on any atom is 0.142 e. The topological polar surface area (TPSA) is 82.9 Å². The number of aromatic hydroxyl groups is 1. The lowest BCUT2D eigenvalue weighted by Crippen LogP contribution is -2.00. The maximum atomic E-state index is 14.1. The molecular formula is C18H12FN3O. The number of halogens is 1. The van der Waals surface area contributed by atoms with Gasteiger partial charge < -0.3 is 10.8 Å². The lowest BCUT2D eigenvalue weighted by atomic mass is 9.98. The number of hydrogen-bond donors (Lipinski definition) is 2. The van der Waals surface area contributed by atoms with Gasteiger partial charge in [0, 0.05) is 16.7 Å². The number of pyridine rings is 1. The van der Waals surface area contributed by atoms with Crippen LogP contribution in [0.1, 0.15) is 5.56 Å². The number of benzene rings is 2. The minimum absolute atomic E-state index is 0.0383. The predicted octanol–water partition coefficient (Wildman–Crippen LogP) is 3.71. The summed E-state index contributed by atoms with van der Waals surface area (Å²) in [5, 5.41) is 18.7. The lowest BCUT2D eigenvalue weighted by molar-refractivity contribution is 0.475. The van der Waals surface area contributed by atoms with Crippen molar-refractivity contribution in [2.24, 2.45) is 0 Å². The van der Waals surface area contributed by atoms with Gasteiger partial charge in [0.1, 0.15) is 29.0 Å². The number of nitriles is 1. The molecule has 3 N–H and O–H groups in total. The highest BCUT2D eigenvalue weighted by molar-refractivity contribution is 5.80. The van der Waals surface area contributed by atoms with Crippen molar-refractivity contribution >= 4 is 5.82 Å². The van der Waals surface area contributed by atoms with Crippen LogP contribution in [0.2, 0.25) is 0 Å². The number of phenolic OH excluding ortho intramolecular Hbond substituents is 1. The Labute approximate surface area is 132 Å². The van der Waals surface area contributed by atoms with Gasteiger partial charge in [0.05, 0.1) is 5.69 Å². The molecule has 3 aromatic rings. The molecule has 23 heavy (non-hydrogen) atoms. The van der Waals surface area contributed by atoms with Gasteiger partial charge in [-0.05, 0) is 36.4 Å². The Morgan fingerprint density at radius 3 is 2.39 bits per heavy atom. The minimum atomic E-state index is -0.439. The van der Waals surface area contributed by atoms with E-state index < -0.39 is 5.82 Å². The fourth-order valence-corrected chi connectivity index (χ4v) is 2.35. The van der Waals surface area contributed by atoms with E-state index in [-0.39, 0.29) is 22.7 Å². The smallest absolute Gasteiger partial charge is 0.142 e. The van der Waals surface area contributed by atoms with Crippen molar-refractivity contribution in [3.05, 3.63) is 66.0 Å². The zero-order valence-corrected chi connectivity index (χ0v) is 12.0. The molecule has 1 heterocycles. The van der Waals surface area contributed by atoms with Crippen molar-refractivity contribution < 1.29 is 9.50 Å². The van der Waals surface area contributed by atoms with Crippen molar-refractivity contribution in [3.8, 4) is 34.2 Å². The first kappa shape index (κ1) is 14.5. The Hall–Kier alpha value is -3.39. The normalized spacial score (nSPS) is 10.3. The first-order valence-electron chi connectivity index (χ1n) is 6.85. The third-order valence-corrected chi connectivity index (χ3v) is 3.49. The molecule has 0 fully saturated rings. The molecule has 0 atom stereocenters. The van der Waals surface area contributed by atoms with E-state index in [0.717, 1.165) is 0 Å². The SMILES string of the molecule is N#Cc1c(-c2ccccc2F)cc(-c2ccc(O)cc2)nc1N. The van der Waals surface area contributed by atoms with Crippen LogP contribution in [-0.4, -0.2) is 10.1 Å². The molecule has 112 valence electrons. The molecule has 0 saturated carbocycles. The molecule has 3 rings (SSSR count). The molecular weight excluding hydrogens is 293 g/mol. The first-order valence-corrected chi connectivity index (χ1v) is 6.85. The second-order valence-corrected chi connectivity index (χ2v) is 4.95. The second-order valence-electron chi connectivity index (χ2n) is 4.95. The van der Waals surface area contributed by atoms with Crippen LogP contribution in [0.3, 0.4) is 0 Å². The van der Waals surface area contributed by atoms with Gasteiger partial charge in [0.25, 0.3) is 0 Å². The standard InChI is InChI=1S/C18H12FN3O/c19-16-4-2-1-3-13(16)14-9-17(22-18(21)15(14)10-20)11-5-7-12(23)8-6-11/h1-9,23H,(H2,21,22). The number of rotatable bonds is 2. The molecule has 0 aliphatic rings. The summed E-state index contributed by atoms with van der Waals surface area (Å²) in [7, 11) is 0. The van der Waals surface area contributed by atoms with Crippen LogP contribution in [0.4, 0.5) is 10.2 Å². The highest BCUT2D eigenvalue weighted by atomic mass is 19.1. The van der Waals surface area contributed by atoms with E-state index in [9.17, 15) is 14.8 Å². The van der Waals surface area contributed by atoms with Crippen LogP contribution >= 0.6 is 0 Å². The Balaban J connectivity index is 2.25. The predicted molar refractivity (Wildman–Crippen MR) is 85.9 cm³/mol. The Morgan fingerprint density at radius 2 is 1.74 bits per heavy atom. The zero-order chi connectivity index (χ0) is 16.4. The van der Waals surface area contributed by atoms with Crippen molar-refractivity contribution in [3.63, 3.8) is 0 Å². The van der Waals surface area contributed by atoms with E-state index in [0.29, 0.717) is 16.8 Å². The summed E-state index contributed by atoms with van der Waals surface area (Å²) in [5.74, 6) is -0.271. The largest absolute Gasteiger partial charge is 0.508 e. The summed E-state index contributed by atoms with van der Waals surface area (Å²) in [5.41, 5.74) is 7.90. The van der Waals surface area contributed by atoms with Crippen LogP contribution < -0.4 is 5.73 Å². The summed E-state index contributed by atoms with van der Waals surface area (Å²) in [4.78, 5) is 4.21. The molecule has 0 amide bonds.